The molecule has 0 spiro atoms. The van der Waals surface area contributed by atoms with Gasteiger partial charge in [0.2, 0.25) is 5.95 Å². The first-order valence-corrected chi connectivity index (χ1v) is 8.50. The van der Waals surface area contributed by atoms with Crippen LogP contribution in [0.4, 0.5) is 5.95 Å². The molecule has 0 saturated heterocycles. The quantitative estimate of drug-likeness (QED) is 0.634. The van der Waals surface area contributed by atoms with Crippen molar-refractivity contribution in [1.82, 2.24) is 19.1 Å². The lowest BCUT2D eigenvalue weighted by Crippen LogP contribution is -2.31. The number of imidazole rings is 1. The van der Waals surface area contributed by atoms with Gasteiger partial charge in [-0.1, -0.05) is 6.92 Å². The fraction of sp³-hybridized carbons (Fsp3) is 0.688. The number of rotatable bonds is 8. The molecule has 2 rings (SSSR count). The number of anilines is 1. The van der Waals surface area contributed by atoms with Crippen LogP contribution in [0.15, 0.2) is 9.59 Å². The minimum Gasteiger partial charge on any atom is -0.389 e. The Labute approximate surface area is 145 Å². The predicted molar refractivity (Wildman–Crippen MR) is 96.1 cm³/mol. The smallest absolute Gasteiger partial charge is 0.329 e. The number of hydrogen-bond donors (Lipinski definition) is 3. The molecule has 0 aliphatic carbocycles. The van der Waals surface area contributed by atoms with Crippen molar-refractivity contribution in [3.8, 4) is 0 Å². The summed E-state index contributed by atoms with van der Waals surface area (Å²) < 4.78 is 8.32. The molecule has 2 aromatic rings. The molecule has 9 heteroatoms. The van der Waals surface area contributed by atoms with Gasteiger partial charge in [0.05, 0.1) is 25.4 Å². The maximum absolute atomic E-state index is 12.3. The maximum Gasteiger partial charge on any atom is 0.329 e. The molecule has 3 N–H and O–H groups in total. The highest BCUT2D eigenvalue weighted by Crippen LogP contribution is 2.17. The number of aromatic amines is 1. The van der Waals surface area contributed by atoms with Crippen molar-refractivity contribution in [3.63, 3.8) is 0 Å². The average molecular weight is 353 g/mol. The standard InChI is InChI=1S/C16H27N5O4/c1-6-10(4)17-15-18-13-12(14(23)19-16(24)20(13)5)21(15)7-11(22)8-25-9(2)3/h9-11,22H,6-8H2,1-5H3,(H,17,18)(H,19,23,24)/t10-,11+/m1/s1. The van der Waals surface area contributed by atoms with E-state index in [2.05, 4.69) is 15.3 Å². The van der Waals surface area contributed by atoms with Gasteiger partial charge in [0, 0.05) is 13.1 Å². The number of aryl methyl sites for hydroxylation is 1. The van der Waals surface area contributed by atoms with E-state index in [9.17, 15) is 14.7 Å². The molecule has 140 valence electrons. The molecule has 0 radical (unpaired) electrons. The highest BCUT2D eigenvalue weighted by atomic mass is 16.5. The van der Waals surface area contributed by atoms with Crippen LogP contribution in [0.3, 0.4) is 0 Å². The molecule has 0 fully saturated rings. The minimum atomic E-state index is -0.811. The number of nitrogens with zero attached hydrogens (tertiary/aromatic N) is 3. The Kier molecular flexibility index (Phi) is 6.02. The van der Waals surface area contributed by atoms with E-state index in [-0.39, 0.29) is 36.5 Å². The van der Waals surface area contributed by atoms with Crippen molar-refractivity contribution in [3.05, 3.63) is 20.8 Å². The third kappa shape index (κ3) is 4.29. The fourth-order valence-corrected chi connectivity index (χ4v) is 2.41. The molecular weight excluding hydrogens is 326 g/mol. The molecular formula is C16H27N5O4. The topological polar surface area (TPSA) is 114 Å². The summed E-state index contributed by atoms with van der Waals surface area (Å²) >= 11 is 0. The first kappa shape index (κ1) is 19.2. The number of nitrogens with one attached hydrogen (secondary N) is 2. The van der Waals surface area contributed by atoms with E-state index in [0.717, 1.165) is 6.42 Å². The lowest BCUT2D eigenvalue weighted by molar-refractivity contribution is -0.000114. The first-order chi connectivity index (χ1) is 11.7. The van der Waals surface area contributed by atoms with E-state index in [1.54, 1.807) is 11.6 Å². The number of fused-ring (bicyclic) bond motifs is 1. The Bertz CT molecular complexity index is 835. The van der Waals surface area contributed by atoms with E-state index < -0.39 is 17.4 Å². The molecule has 0 amide bonds. The molecule has 0 bridgehead atoms. The Hall–Kier alpha value is -2.13. The molecule has 0 saturated carbocycles. The van der Waals surface area contributed by atoms with Gasteiger partial charge in [-0.05, 0) is 27.2 Å². The Morgan fingerprint density at radius 2 is 2.00 bits per heavy atom. The van der Waals surface area contributed by atoms with Gasteiger partial charge in [0.15, 0.2) is 11.2 Å². The first-order valence-electron chi connectivity index (χ1n) is 8.50. The van der Waals surface area contributed by atoms with Crippen LogP contribution in [0.1, 0.15) is 34.1 Å². The third-order valence-corrected chi connectivity index (χ3v) is 4.01. The lowest BCUT2D eigenvalue weighted by atomic mass is 10.3. The van der Waals surface area contributed by atoms with E-state index in [4.69, 9.17) is 4.74 Å². The van der Waals surface area contributed by atoms with Gasteiger partial charge in [0.1, 0.15) is 0 Å². The van der Waals surface area contributed by atoms with Gasteiger partial charge in [-0.25, -0.2) is 4.79 Å². The number of aliphatic hydroxyl groups is 1. The van der Waals surface area contributed by atoms with Crippen LogP contribution in [0.2, 0.25) is 0 Å². The average Bonchev–Trinajstić information content (AvgIpc) is 2.89. The van der Waals surface area contributed by atoms with Crippen LogP contribution in [-0.4, -0.2) is 49.1 Å². The van der Waals surface area contributed by atoms with Crippen molar-refractivity contribution < 1.29 is 9.84 Å². The summed E-state index contributed by atoms with van der Waals surface area (Å²) in [5, 5.41) is 13.5. The second-order valence-corrected chi connectivity index (χ2v) is 6.53. The molecule has 9 nitrogen and oxygen atoms in total. The van der Waals surface area contributed by atoms with Gasteiger partial charge in [-0.3, -0.25) is 14.3 Å². The van der Waals surface area contributed by atoms with Crippen molar-refractivity contribution in [2.75, 3.05) is 11.9 Å². The van der Waals surface area contributed by atoms with Crippen LogP contribution in [-0.2, 0) is 18.3 Å². The van der Waals surface area contributed by atoms with E-state index in [1.807, 2.05) is 27.7 Å². The summed E-state index contributed by atoms with van der Waals surface area (Å²) in [5.41, 5.74) is -0.534. The summed E-state index contributed by atoms with van der Waals surface area (Å²) in [6, 6.07) is 0.121. The zero-order valence-electron chi connectivity index (χ0n) is 15.4. The number of H-pyrrole nitrogens is 1. The van der Waals surface area contributed by atoms with Crippen molar-refractivity contribution in [1.29, 1.82) is 0 Å². The molecule has 2 atom stereocenters. The van der Waals surface area contributed by atoms with E-state index >= 15 is 0 Å². The molecule has 2 heterocycles. The summed E-state index contributed by atoms with van der Waals surface area (Å²) in [7, 11) is 1.54. The van der Waals surface area contributed by atoms with Crippen LogP contribution in [0, 0.1) is 0 Å². The van der Waals surface area contributed by atoms with Crippen LogP contribution in [0.5, 0.6) is 0 Å². The number of hydrogen-bond acceptors (Lipinski definition) is 6. The van der Waals surface area contributed by atoms with Crippen LogP contribution < -0.4 is 16.6 Å². The molecule has 25 heavy (non-hydrogen) atoms. The van der Waals surface area contributed by atoms with Crippen molar-refractivity contribution in [2.24, 2.45) is 7.05 Å². The second kappa shape index (κ2) is 7.83. The second-order valence-electron chi connectivity index (χ2n) is 6.53. The number of aromatic nitrogens is 4. The summed E-state index contributed by atoms with van der Waals surface area (Å²) in [4.78, 5) is 30.8. The molecule has 0 aliphatic rings. The third-order valence-electron chi connectivity index (χ3n) is 4.01. The van der Waals surface area contributed by atoms with Crippen LogP contribution in [0.25, 0.3) is 11.2 Å². The monoisotopic (exact) mass is 353 g/mol. The molecule has 0 aliphatic heterocycles. The molecule has 2 aromatic heterocycles. The van der Waals surface area contributed by atoms with Crippen molar-refractivity contribution in [2.45, 2.75) is 58.9 Å². The fourth-order valence-electron chi connectivity index (χ4n) is 2.41. The van der Waals surface area contributed by atoms with Gasteiger partial charge >= 0.3 is 5.69 Å². The summed E-state index contributed by atoms with van der Waals surface area (Å²) in [5.74, 6) is 0.444. The number of aliphatic hydroxyl groups excluding tert-OH is 1. The van der Waals surface area contributed by atoms with Crippen molar-refractivity contribution >= 4 is 17.1 Å². The van der Waals surface area contributed by atoms with Gasteiger partial charge in [0.25, 0.3) is 5.56 Å². The van der Waals surface area contributed by atoms with Gasteiger partial charge in [-0.2, -0.15) is 4.98 Å². The van der Waals surface area contributed by atoms with Gasteiger partial charge in [-0.15, -0.1) is 0 Å². The van der Waals surface area contributed by atoms with E-state index in [0.29, 0.717) is 5.95 Å². The Balaban J connectivity index is 2.50. The molecule has 0 unspecified atom stereocenters. The summed E-state index contributed by atoms with van der Waals surface area (Å²) in [6.45, 7) is 8.06. The minimum absolute atomic E-state index is 0.00360. The zero-order chi connectivity index (χ0) is 18.7. The maximum atomic E-state index is 12.3. The van der Waals surface area contributed by atoms with Gasteiger partial charge < -0.3 is 19.7 Å². The highest BCUT2D eigenvalue weighted by Gasteiger charge is 2.20. The molecule has 0 aromatic carbocycles. The SMILES string of the molecule is CC[C@@H](C)Nc1nc2c(c(=O)[nH]c(=O)n2C)n1C[C@H](O)COC(C)C. The predicted octanol–water partition coefficient (Wildman–Crippen LogP) is 0.420. The Morgan fingerprint density at radius 3 is 2.60 bits per heavy atom. The normalized spacial score (nSPS) is 14.2. The zero-order valence-corrected chi connectivity index (χ0v) is 15.4. The number of ether oxygens (including phenoxy) is 1. The summed E-state index contributed by atoms with van der Waals surface area (Å²) in [6.07, 6.45) is 0.0439. The van der Waals surface area contributed by atoms with Crippen LogP contribution >= 0.6 is 0 Å². The largest absolute Gasteiger partial charge is 0.389 e. The van der Waals surface area contributed by atoms with E-state index in [1.165, 1.54) is 4.57 Å². The Morgan fingerprint density at radius 1 is 1.32 bits per heavy atom. The lowest BCUT2D eigenvalue weighted by Gasteiger charge is -2.18. The highest BCUT2D eigenvalue weighted by molar-refractivity contribution is 5.74.